The van der Waals surface area contributed by atoms with Crippen molar-refractivity contribution in [3.05, 3.63) is 0 Å². The van der Waals surface area contributed by atoms with E-state index in [0.29, 0.717) is 32.4 Å². The molecule has 0 heterocycles. The second-order valence-electron chi connectivity index (χ2n) is 4.32. The second kappa shape index (κ2) is 6.22. The van der Waals surface area contributed by atoms with Crippen LogP contribution in [0.25, 0.3) is 0 Å². The molecule has 0 saturated heterocycles. The average molecular weight is 242 g/mol. The van der Waals surface area contributed by atoms with Crippen molar-refractivity contribution < 1.29 is 19.5 Å². The molecule has 6 nitrogen and oxygen atoms in total. The van der Waals surface area contributed by atoms with Gasteiger partial charge < -0.3 is 15.7 Å². The fourth-order valence-electron chi connectivity index (χ4n) is 2.01. The van der Waals surface area contributed by atoms with Gasteiger partial charge in [0.2, 0.25) is 11.8 Å². The van der Waals surface area contributed by atoms with Crippen LogP contribution < -0.4 is 10.6 Å². The zero-order valence-electron chi connectivity index (χ0n) is 9.86. The van der Waals surface area contributed by atoms with Gasteiger partial charge in [-0.2, -0.15) is 0 Å². The van der Waals surface area contributed by atoms with Crippen molar-refractivity contribution in [1.82, 2.24) is 10.6 Å². The van der Waals surface area contributed by atoms with Crippen LogP contribution >= 0.6 is 0 Å². The Bertz CT molecular complexity index is 317. The fraction of sp³-hybridized carbons (Fsp3) is 0.727. The van der Waals surface area contributed by atoms with Gasteiger partial charge in [0, 0.05) is 25.9 Å². The molecule has 1 fully saturated rings. The molecule has 2 atom stereocenters. The highest BCUT2D eigenvalue weighted by molar-refractivity contribution is 5.80. The van der Waals surface area contributed by atoms with Crippen molar-refractivity contribution in [3.63, 3.8) is 0 Å². The Hall–Kier alpha value is -1.59. The van der Waals surface area contributed by atoms with Gasteiger partial charge in [0.05, 0.1) is 5.92 Å². The number of hydrogen-bond acceptors (Lipinski definition) is 3. The van der Waals surface area contributed by atoms with Gasteiger partial charge in [-0.15, -0.1) is 0 Å². The highest BCUT2D eigenvalue weighted by Crippen LogP contribution is 2.30. The number of carbonyl (C=O) groups is 3. The average Bonchev–Trinajstić information content (AvgIpc) is 2.73. The summed E-state index contributed by atoms with van der Waals surface area (Å²) in [6.07, 6.45) is 1.61. The SMILES string of the molecule is CC(=O)NCCNC(=O)[C@@H]1CC[C@H](C(=O)O)C1. The van der Waals surface area contributed by atoms with E-state index in [9.17, 15) is 14.4 Å². The van der Waals surface area contributed by atoms with Crippen molar-refractivity contribution in [2.75, 3.05) is 13.1 Å². The van der Waals surface area contributed by atoms with E-state index in [1.165, 1.54) is 6.92 Å². The highest BCUT2D eigenvalue weighted by Gasteiger charge is 2.33. The molecule has 1 aliphatic rings. The lowest BCUT2D eigenvalue weighted by molar-refractivity contribution is -0.141. The number of carbonyl (C=O) groups excluding carboxylic acids is 2. The van der Waals surface area contributed by atoms with Gasteiger partial charge in [0.25, 0.3) is 0 Å². The van der Waals surface area contributed by atoms with Crippen LogP contribution in [0.5, 0.6) is 0 Å². The minimum absolute atomic E-state index is 0.112. The first-order valence-corrected chi connectivity index (χ1v) is 5.75. The lowest BCUT2D eigenvalue weighted by atomic mass is 10.0. The van der Waals surface area contributed by atoms with Gasteiger partial charge in [-0.1, -0.05) is 0 Å². The lowest BCUT2D eigenvalue weighted by Gasteiger charge is -2.10. The van der Waals surface area contributed by atoms with E-state index in [0.717, 1.165) is 0 Å². The van der Waals surface area contributed by atoms with E-state index in [1.807, 2.05) is 0 Å². The largest absolute Gasteiger partial charge is 0.481 e. The third-order valence-corrected chi connectivity index (χ3v) is 2.95. The summed E-state index contributed by atoms with van der Waals surface area (Å²) in [6, 6.07) is 0. The Morgan fingerprint density at radius 2 is 1.71 bits per heavy atom. The van der Waals surface area contributed by atoms with Crippen LogP contribution in [0.3, 0.4) is 0 Å². The van der Waals surface area contributed by atoms with Crippen LogP contribution in [-0.2, 0) is 14.4 Å². The fourth-order valence-corrected chi connectivity index (χ4v) is 2.01. The third kappa shape index (κ3) is 4.42. The van der Waals surface area contributed by atoms with Gasteiger partial charge in [0.15, 0.2) is 0 Å². The van der Waals surface area contributed by atoms with Crippen LogP contribution in [0.2, 0.25) is 0 Å². The maximum absolute atomic E-state index is 11.6. The van der Waals surface area contributed by atoms with E-state index in [1.54, 1.807) is 0 Å². The molecule has 3 N–H and O–H groups in total. The molecule has 0 aliphatic heterocycles. The summed E-state index contributed by atoms with van der Waals surface area (Å²) in [6.45, 7) is 2.19. The summed E-state index contributed by atoms with van der Waals surface area (Å²) >= 11 is 0. The molecule has 2 amide bonds. The zero-order valence-corrected chi connectivity index (χ0v) is 9.86. The van der Waals surface area contributed by atoms with E-state index >= 15 is 0 Å². The highest BCUT2D eigenvalue weighted by atomic mass is 16.4. The van der Waals surface area contributed by atoms with Gasteiger partial charge in [-0.05, 0) is 19.3 Å². The number of aliphatic carboxylic acids is 1. The van der Waals surface area contributed by atoms with Crippen molar-refractivity contribution in [2.45, 2.75) is 26.2 Å². The number of rotatable bonds is 5. The molecule has 17 heavy (non-hydrogen) atoms. The molecular formula is C11H18N2O4. The van der Waals surface area contributed by atoms with E-state index in [-0.39, 0.29) is 23.7 Å². The first kappa shape index (κ1) is 13.5. The van der Waals surface area contributed by atoms with Crippen molar-refractivity contribution in [2.24, 2.45) is 11.8 Å². The minimum Gasteiger partial charge on any atom is -0.481 e. The molecule has 0 bridgehead atoms. The number of amides is 2. The van der Waals surface area contributed by atoms with Crippen molar-refractivity contribution >= 4 is 17.8 Å². The van der Waals surface area contributed by atoms with Gasteiger partial charge >= 0.3 is 5.97 Å². The van der Waals surface area contributed by atoms with E-state index in [4.69, 9.17) is 5.11 Å². The monoisotopic (exact) mass is 242 g/mol. The van der Waals surface area contributed by atoms with Crippen molar-refractivity contribution in [1.29, 1.82) is 0 Å². The summed E-state index contributed by atoms with van der Waals surface area (Å²) < 4.78 is 0. The van der Waals surface area contributed by atoms with Crippen LogP contribution in [0, 0.1) is 11.8 Å². The minimum atomic E-state index is -0.821. The molecule has 1 aliphatic carbocycles. The number of hydrogen-bond donors (Lipinski definition) is 3. The predicted octanol–water partition coefficient (Wildman–Crippen LogP) is -0.260. The summed E-state index contributed by atoms with van der Waals surface area (Å²) in [7, 11) is 0. The first-order valence-electron chi connectivity index (χ1n) is 5.75. The Morgan fingerprint density at radius 1 is 1.12 bits per heavy atom. The maximum Gasteiger partial charge on any atom is 0.306 e. The van der Waals surface area contributed by atoms with Crippen LogP contribution in [-0.4, -0.2) is 36.0 Å². The standard InChI is InChI=1S/C11H18N2O4/c1-7(14)12-4-5-13-10(15)8-2-3-9(6-8)11(16)17/h8-9H,2-6H2,1H3,(H,12,14)(H,13,15)(H,16,17)/t8-,9+/m1/s1. The van der Waals surface area contributed by atoms with Gasteiger partial charge in [-0.25, -0.2) is 0 Å². The van der Waals surface area contributed by atoms with Crippen LogP contribution in [0.1, 0.15) is 26.2 Å². The Morgan fingerprint density at radius 3 is 2.24 bits per heavy atom. The number of carboxylic acids is 1. The van der Waals surface area contributed by atoms with Crippen LogP contribution in [0.15, 0.2) is 0 Å². The number of carboxylic acid groups (broad SMARTS) is 1. The lowest BCUT2D eigenvalue weighted by Crippen LogP contribution is -2.36. The third-order valence-electron chi connectivity index (χ3n) is 2.95. The van der Waals surface area contributed by atoms with Crippen LogP contribution in [0.4, 0.5) is 0 Å². The summed E-state index contributed by atoms with van der Waals surface area (Å²) in [5.74, 6) is -1.65. The Kier molecular flexibility index (Phi) is 4.93. The molecule has 0 radical (unpaired) electrons. The Labute approximate surface area is 99.8 Å². The molecular weight excluding hydrogens is 224 g/mol. The van der Waals surface area contributed by atoms with Gasteiger partial charge in [-0.3, -0.25) is 14.4 Å². The van der Waals surface area contributed by atoms with E-state index in [2.05, 4.69) is 10.6 Å². The normalized spacial score (nSPS) is 23.1. The second-order valence-corrected chi connectivity index (χ2v) is 4.32. The maximum atomic E-state index is 11.6. The Balaban J connectivity index is 2.21. The molecule has 0 aromatic carbocycles. The molecule has 1 rings (SSSR count). The topological polar surface area (TPSA) is 95.5 Å². The summed E-state index contributed by atoms with van der Waals surface area (Å²) in [5, 5.41) is 14.1. The molecule has 6 heteroatoms. The summed E-state index contributed by atoms with van der Waals surface area (Å²) in [4.78, 5) is 32.9. The number of nitrogens with one attached hydrogen (secondary N) is 2. The predicted molar refractivity (Wildman–Crippen MR) is 60.2 cm³/mol. The van der Waals surface area contributed by atoms with Crippen molar-refractivity contribution in [3.8, 4) is 0 Å². The van der Waals surface area contributed by atoms with E-state index < -0.39 is 5.97 Å². The zero-order chi connectivity index (χ0) is 12.8. The quantitative estimate of drug-likeness (QED) is 0.579. The molecule has 96 valence electrons. The molecule has 0 aromatic heterocycles. The van der Waals surface area contributed by atoms with Gasteiger partial charge in [0.1, 0.15) is 0 Å². The summed E-state index contributed by atoms with van der Waals surface area (Å²) in [5.41, 5.74) is 0. The first-order chi connectivity index (χ1) is 8.00. The molecule has 0 spiro atoms. The molecule has 1 saturated carbocycles. The molecule has 0 aromatic rings. The smallest absolute Gasteiger partial charge is 0.306 e. The molecule has 0 unspecified atom stereocenters.